The number of aliphatic imine (C=N–C) groups is 1. The van der Waals surface area contributed by atoms with Gasteiger partial charge in [0.1, 0.15) is 0 Å². The van der Waals surface area contributed by atoms with Crippen molar-refractivity contribution in [3.8, 4) is 0 Å². The summed E-state index contributed by atoms with van der Waals surface area (Å²) in [5.74, 6) is 1.67. The maximum Gasteiger partial charge on any atom is 0.221 e. The van der Waals surface area contributed by atoms with Crippen molar-refractivity contribution in [3.05, 3.63) is 35.9 Å². The fourth-order valence-corrected chi connectivity index (χ4v) is 4.62. The van der Waals surface area contributed by atoms with Gasteiger partial charge in [-0.25, -0.2) is 0 Å². The summed E-state index contributed by atoms with van der Waals surface area (Å²) in [4.78, 5) is 20.7. The molecule has 1 amide bonds. The highest BCUT2D eigenvalue weighted by molar-refractivity contribution is 5.80. The highest BCUT2D eigenvalue weighted by Crippen LogP contribution is 2.21. The van der Waals surface area contributed by atoms with E-state index in [0.717, 1.165) is 70.4 Å². The SMILES string of the molecule is CN=C(NCCCN1CCCC(C(N)=O)C1)N1CCC(Cc2ccccc2)CC1. The van der Waals surface area contributed by atoms with E-state index in [2.05, 4.69) is 50.4 Å². The second kappa shape index (κ2) is 11.2. The predicted octanol–water partition coefficient (Wildman–Crippen LogP) is 2.10. The number of hydrogen-bond acceptors (Lipinski definition) is 3. The number of carbonyl (C=O) groups excluding carboxylic acids is 1. The first-order chi connectivity index (χ1) is 14.2. The van der Waals surface area contributed by atoms with Crippen LogP contribution < -0.4 is 11.1 Å². The number of benzene rings is 1. The van der Waals surface area contributed by atoms with E-state index >= 15 is 0 Å². The Hall–Kier alpha value is -2.08. The third-order valence-electron chi connectivity index (χ3n) is 6.34. The zero-order valence-electron chi connectivity index (χ0n) is 17.9. The van der Waals surface area contributed by atoms with Crippen molar-refractivity contribution in [3.63, 3.8) is 0 Å². The van der Waals surface area contributed by atoms with Crippen LogP contribution in [0.1, 0.15) is 37.7 Å². The molecule has 0 aliphatic carbocycles. The highest BCUT2D eigenvalue weighted by atomic mass is 16.1. The van der Waals surface area contributed by atoms with Gasteiger partial charge >= 0.3 is 0 Å². The number of carbonyl (C=O) groups is 1. The molecule has 2 fully saturated rings. The highest BCUT2D eigenvalue weighted by Gasteiger charge is 2.24. The van der Waals surface area contributed by atoms with Gasteiger partial charge in [0, 0.05) is 33.2 Å². The number of guanidine groups is 1. The van der Waals surface area contributed by atoms with Gasteiger partial charge in [0.05, 0.1) is 5.92 Å². The first-order valence-corrected chi connectivity index (χ1v) is 11.2. The molecule has 1 unspecified atom stereocenters. The van der Waals surface area contributed by atoms with E-state index in [0.29, 0.717) is 0 Å². The second-order valence-electron chi connectivity index (χ2n) is 8.49. The Morgan fingerprint density at radius 1 is 1.17 bits per heavy atom. The predicted molar refractivity (Wildman–Crippen MR) is 119 cm³/mol. The molecule has 3 N–H and O–H groups in total. The molecule has 0 saturated carbocycles. The van der Waals surface area contributed by atoms with Crippen LogP contribution in [0.5, 0.6) is 0 Å². The molecule has 0 aromatic heterocycles. The third-order valence-corrected chi connectivity index (χ3v) is 6.34. The molecule has 1 aromatic rings. The maximum atomic E-state index is 11.4. The minimum Gasteiger partial charge on any atom is -0.369 e. The fraction of sp³-hybridized carbons (Fsp3) is 0.652. The Bertz CT molecular complexity index is 654. The molecule has 0 radical (unpaired) electrons. The summed E-state index contributed by atoms with van der Waals surface area (Å²) in [5, 5.41) is 3.53. The van der Waals surface area contributed by atoms with Gasteiger partial charge in [-0.2, -0.15) is 0 Å². The Kier molecular flexibility index (Phi) is 8.35. The van der Waals surface area contributed by atoms with Crippen molar-refractivity contribution in [2.45, 2.75) is 38.5 Å². The van der Waals surface area contributed by atoms with Gasteiger partial charge in [0.2, 0.25) is 5.91 Å². The zero-order valence-corrected chi connectivity index (χ0v) is 17.9. The van der Waals surface area contributed by atoms with Gasteiger partial charge in [-0.05, 0) is 63.1 Å². The number of piperidine rings is 2. The number of amides is 1. The number of nitrogens with two attached hydrogens (primary N) is 1. The first kappa shape index (κ1) is 21.6. The maximum absolute atomic E-state index is 11.4. The van der Waals surface area contributed by atoms with Gasteiger partial charge in [-0.1, -0.05) is 30.3 Å². The molecule has 0 spiro atoms. The van der Waals surface area contributed by atoms with Crippen LogP contribution >= 0.6 is 0 Å². The number of hydrogen-bond donors (Lipinski definition) is 2. The van der Waals surface area contributed by atoms with Gasteiger partial charge in [0.15, 0.2) is 5.96 Å². The molecule has 6 heteroatoms. The quantitative estimate of drug-likeness (QED) is 0.418. The lowest BCUT2D eigenvalue weighted by Crippen LogP contribution is -2.46. The van der Waals surface area contributed by atoms with Crippen molar-refractivity contribution in [1.82, 2.24) is 15.1 Å². The molecule has 160 valence electrons. The summed E-state index contributed by atoms with van der Waals surface area (Å²) < 4.78 is 0. The van der Waals surface area contributed by atoms with Crippen LogP contribution in [0.4, 0.5) is 0 Å². The summed E-state index contributed by atoms with van der Waals surface area (Å²) in [5.41, 5.74) is 6.93. The minimum atomic E-state index is -0.149. The first-order valence-electron chi connectivity index (χ1n) is 11.2. The Morgan fingerprint density at radius 2 is 1.93 bits per heavy atom. The van der Waals surface area contributed by atoms with Gasteiger partial charge in [-0.15, -0.1) is 0 Å². The second-order valence-corrected chi connectivity index (χ2v) is 8.49. The van der Waals surface area contributed by atoms with Crippen molar-refractivity contribution < 1.29 is 4.79 Å². The van der Waals surface area contributed by atoms with E-state index in [1.807, 2.05) is 7.05 Å². The summed E-state index contributed by atoms with van der Waals surface area (Å²) >= 11 is 0. The van der Waals surface area contributed by atoms with Gasteiger partial charge in [-0.3, -0.25) is 9.79 Å². The van der Waals surface area contributed by atoms with Gasteiger partial charge < -0.3 is 20.9 Å². The van der Waals surface area contributed by atoms with Crippen LogP contribution in [-0.4, -0.2) is 68.0 Å². The number of nitrogens with one attached hydrogen (secondary N) is 1. The molecule has 6 nitrogen and oxygen atoms in total. The van der Waals surface area contributed by atoms with Crippen LogP contribution in [0, 0.1) is 11.8 Å². The van der Waals surface area contributed by atoms with Crippen molar-refractivity contribution >= 4 is 11.9 Å². The average molecular weight is 400 g/mol. The van der Waals surface area contributed by atoms with E-state index in [9.17, 15) is 4.79 Å². The van der Waals surface area contributed by atoms with Crippen molar-refractivity contribution in [2.24, 2.45) is 22.6 Å². The van der Waals surface area contributed by atoms with E-state index in [-0.39, 0.29) is 11.8 Å². The van der Waals surface area contributed by atoms with E-state index in [1.54, 1.807) is 0 Å². The summed E-state index contributed by atoms with van der Waals surface area (Å²) in [6.45, 7) is 5.96. The normalized spacial score (nSPS) is 21.9. The molecule has 2 heterocycles. The molecule has 2 aliphatic rings. The summed E-state index contributed by atoms with van der Waals surface area (Å²) in [7, 11) is 1.88. The van der Waals surface area contributed by atoms with Crippen molar-refractivity contribution in [2.75, 3.05) is 46.3 Å². The van der Waals surface area contributed by atoms with E-state index < -0.39 is 0 Å². The molecule has 2 aliphatic heterocycles. The Morgan fingerprint density at radius 3 is 2.62 bits per heavy atom. The van der Waals surface area contributed by atoms with Crippen LogP contribution in [0.3, 0.4) is 0 Å². The molecule has 2 saturated heterocycles. The minimum absolute atomic E-state index is 0.0293. The number of nitrogens with zero attached hydrogens (tertiary/aromatic N) is 3. The lowest BCUT2D eigenvalue weighted by Gasteiger charge is -2.34. The molecular weight excluding hydrogens is 362 g/mol. The topological polar surface area (TPSA) is 74.0 Å². The molecule has 3 rings (SSSR count). The van der Waals surface area contributed by atoms with Crippen LogP contribution in [-0.2, 0) is 11.2 Å². The van der Waals surface area contributed by atoms with Crippen LogP contribution in [0.25, 0.3) is 0 Å². The van der Waals surface area contributed by atoms with Crippen molar-refractivity contribution in [1.29, 1.82) is 0 Å². The Labute approximate surface area is 175 Å². The average Bonchev–Trinajstić information content (AvgIpc) is 2.75. The summed E-state index contributed by atoms with van der Waals surface area (Å²) in [6, 6.07) is 10.8. The van der Waals surface area contributed by atoms with E-state index in [1.165, 1.54) is 24.8 Å². The van der Waals surface area contributed by atoms with E-state index in [4.69, 9.17) is 5.73 Å². The largest absolute Gasteiger partial charge is 0.369 e. The number of rotatable bonds is 7. The zero-order chi connectivity index (χ0) is 20.5. The lowest BCUT2D eigenvalue weighted by molar-refractivity contribution is -0.123. The fourth-order valence-electron chi connectivity index (χ4n) is 4.62. The van der Waals surface area contributed by atoms with Crippen LogP contribution in [0.15, 0.2) is 35.3 Å². The van der Waals surface area contributed by atoms with Gasteiger partial charge in [0.25, 0.3) is 0 Å². The number of likely N-dealkylation sites (tertiary alicyclic amines) is 2. The molecular formula is C23H37N5O. The molecule has 0 bridgehead atoms. The monoisotopic (exact) mass is 399 g/mol. The Balaban J connectivity index is 1.34. The molecule has 29 heavy (non-hydrogen) atoms. The number of primary amides is 1. The smallest absolute Gasteiger partial charge is 0.221 e. The van der Waals surface area contributed by atoms with Crippen LogP contribution in [0.2, 0.25) is 0 Å². The standard InChI is InChI=1S/C23H37N5O/c1-25-23(26-12-6-14-27-13-5-9-21(18-27)22(24)29)28-15-10-20(11-16-28)17-19-7-3-2-4-8-19/h2-4,7-8,20-21H,5-6,9-18H2,1H3,(H2,24,29)(H,25,26). The lowest BCUT2D eigenvalue weighted by atomic mass is 9.90. The third kappa shape index (κ3) is 6.74. The molecule has 1 aromatic carbocycles. The molecule has 1 atom stereocenters. The summed E-state index contributed by atoms with van der Waals surface area (Å²) in [6.07, 6.45) is 6.69.